The topological polar surface area (TPSA) is 46.4 Å². The van der Waals surface area contributed by atoms with E-state index in [0.717, 1.165) is 30.5 Å². The Morgan fingerprint density at radius 2 is 1.68 bits per heavy atom. The molecule has 4 heteroatoms. The van der Waals surface area contributed by atoms with Gasteiger partial charge in [0, 0.05) is 36.2 Å². The summed E-state index contributed by atoms with van der Waals surface area (Å²) in [5, 5.41) is 11.7. The summed E-state index contributed by atoms with van der Waals surface area (Å²) in [5.74, 6) is 1.52. The van der Waals surface area contributed by atoms with Gasteiger partial charge in [-0.25, -0.2) is 0 Å². The average Bonchev–Trinajstić information content (AvgIpc) is 3.38. The average molecular weight is 370 g/mol. The fraction of sp³-hybridized carbons (Fsp3) is 0.333. The van der Waals surface area contributed by atoms with E-state index in [1.54, 1.807) is 0 Å². The first-order valence-electron chi connectivity index (χ1n) is 10.2. The summed E-state index contributed by atoms with van der Waals surface area (Å²) < 4.78 is 0. The Bertz CT molecular complexity index is 1010. The van der Waals surface area contributed by atoms with E-state index in [2.05, 4.69) is 59.5 Å². The molecule has 4 aliphatic rings. The molecule has 0 spiro atoms. The van der Waals surface area contributed by atoms with Crippen molar-refractivity contribution in [3.63, 3.8) is 0 Å². The van der Waals surface area contributed by atoms with Crippen LogP contribution in [0.25, 0.3) is 0 Å². The van der Waals surface area contributed by atoms with E-state index in [1.807, 2.05) is 12.1 Å². The number of rotatable bonds is 2. The number of benzene rings is 2. The first-order chi connectivity index (χ1) is 13.7. The van der Waals surface area contributed by atoms with Gasteiger partial charge in [-0.15, -0.1) is 0 Å². The molecule has 2 aliphatic carbocycles. The standard InChI is InChI=1S/C24H22N2O2/c27-26(28)17-12-21-18-9-4-8-16(18)14-25-23(15-6-2-1-3-7-15)20-11-5-10-19(20)22(13-17)24(21)25/h1-7,9-10,12-13,16,18-20,23H,8,11,14H2/t16-,18+,19-,20+,23+/m1/s1. The van der Waals surface area contributed by atoms with E-state index in [4.69, 9.17) is 0 Å². The van der Waals surface area contributed by atoms with Crippen LogP contribution in [-0.2, 0) is 0 Å². The van der Waals surface area contributed by atoms with Crippen LogP contribution < -0.4 is 4.90 Å². The van der Waals surface area contributed by atoms with E-state index in [1.165, 1.54) is 11.3 Å². The lowest BCUT2D eigenvalue weighted by Crippen LogP contribution is -2.46. The van der Waals surface area contributed by atoms with Crippen molar-refractivity contribution in [2.75, 3.05) is 11.4 Å². The SMILES string of the molecule is O=[N+]([O-])c1cc2c3c(c1)[C@@H]1C=CC[C@@H]1[C@H](c1ccccc1)N3C[C@H]1CC=C[C@H]21. The molecule has 5 atom stereocenters. The first kappa shape index (κ1) is 16.1. The van der Waals surface area contributed by atoms with Crippen LogP contribution in [0.5, 0.6) is 0 Å². The number of allylic oxidation sites excluding steroid dienone is 4. The fourth-order valence-electron chi connectivity index (χ4n) is 6.09. The second kappa shape index (κ2) is 5.81. The van der Waals surface area contributed by atoms with Crippen LogP contribution in [0.15, 0.2) is 66.8 Å². The molecule has 0 fully saturated rings. The molecule has 0 unspecified atom stereocenters. The minimum absolute atomic E-state index is 0.222. The van der Waals surface area contributed by atoms with Gasteiger partial charge < -0.3 is 4.90 Å². The minimum atomic E-state index is -0.222. The summed E-state index contributed by atoms with van der Waals surface area (Å²) >= 11 is 0. The molecule has 2 aromatic carbocycles. The molecule has 0 bridgehead atoms. The quantitative estimate of drug-likeness (QED) is 0.399. The summed E-state index contributed by atoms with van der Waals surface area (Å²) in [5.41, 5.74) is 5.19. The van der Waals surface area contributed by atoms with Crippen LogP contribution in [0.3, 0.4) is 0 Å². The van der Waals surface area contributed by atoms with Crippen molar-refractivity contribution in [1.29, 1.82) is 0 Å². The third-order valence-corrected chi connectivity index (χ3v) is 7.19. The molecular weight excluding hydrogens is 348 g/mol. The Kier molecular flexibility index (Phi) is 3.34. The third-order valence-electron chi connectivity index (χ3n) is 7.19. The second-order valence-electron chi connectivity index (χ2n) is 8.54. The highest BCUT2D eigenvalue weighted by molar-refractivity contribution is 5.72. The summed E-state index contributed by atoms with van der Waals surface area (Å²) in [6, 6.07) is 14.8. The molecule has 0 saturated heterocycles. The van der Waals surface area contributed by atoms with Crippen LogP contribution in [0.4, 0.5) is 11.4 Å². The number of hydrogen-bond acceptors (Lipinski definition) is 3. The molecule has 2 aromatic rings. The number of nitro benzene ring substituents is 1. The molecule has 0 radical (unpaired) electrons. The van der Waals surface area contributed by atoms with Gasteiger partial charge in [0.15, 0.2) is 0 Å². The Balaban J connectivity index is 1.61. The summed E-state index contributed by atoms with van der Waals surface area (Å²) in [4.78, 5) is 14.0. The Hall–Kier alpha value is -2.88. The zero-order valence-electron chi connectivity index (χ0n) is 15.6. The second-order valence-corrected chi connectivity index (χ2v) is 8.54. The number of fused-ring (bicyclic) bond motifs is 4. The van der Waals surface area contributed by atoms with Crippen LogP contribution in [0.1, 0.15) is 47.4 Å². The maximum atomic E-state index is 11.7. The highest BCUT2D eigenvalue weighted by Crippen LogP contribution is 2.59. The number of anilines is 1. The zero-order chi connectivity index (χ0) is 18.8. The molecular formula is C24H22N2O2. The largest absolute Gasteiger partial charge is 0.363 e. The number of nitrogens with zero attached hydrogens (tertiary/aromatic N) is 2. The summed E-state index contributed by atoms with van der Waals surface area (Å²) in [6.45, 7) is 1.03. The molecule has 0 aromatic heterocycles. The highest BCUT2D eigenvalue weighted by Gasteiger charge is 2.48. The molecule has 0 N–H and O–H groups in total. The number of hydrogen-bond donors (Lipinski definition) is 0. The molecule has 4 nitrogen and oxygen atoms in total. The smallest absolute Gasteiger partial charge is 0.270 e. The normalized spacial score (nSPS) is 31.4. The van der Waals surface area contributed by atoms with Gasteiger partial charge in [0.25, 0.3) is 5.69 Å². The predicted octanol–water partition coefficient (Wildman–Crippen LogP) is 5.49. The van der Waals surface area contributed by atoms with Gasteiger partial charge in [-0.3, -0.25) is 10.1 Å². The van der Waals surface area contributed by atoms with Crippen LogP contribution in [-0.4, -0.2) is 11.5 Å². The molecule has 0 saturated carbocycles. The third kappa shape index (κ3) is 2.12. The highest BCUT2D eigenvalue weighted by atomic mass is 16.6. The molecule has 28 heavy (non-hydrogen) atoms. The predicted molar refractivity (Wildman–Crippen MR) is 110 cm³/mol. The van der Waals surface area contributed by atoms with Crippen molar-refractivity contribution in [2.24, 2.45) is 11.8 Å². The van der Waals surface area contributed by atoms with Crippen molar-refractivity contribution >= 4 is 11.4 Å². The molecule has 2 heterocycles. The van der Waals surface area contributed by atoms with E-state index < -0.39 is 0 Å². The molecule has 2 aliphatic heterocycles. The van der Waals surface area contributed by atoms with Crippen LogP contribution >= 0.6 is 0 Å². The van der Waals surface area contributed by atoms with Gasteiger partial charge in [0.05, 0.1) is 11.0 Å². The van der Waals surface area contributed by atoms with E-state index in [-0.39, 0.29) is 16.5 Å². The minimum Gasteiger partial charge on any atom is -0.363 e. The fourth-order valence-corrected chi connectivity index (χ4v) is 6.09. The van der Waals surface area contributed by atoms with Crippen molar-refractivity contribution in [3.8, 4) is 0 Å². The van der Waals surface area contributed by atoms with Crippen LogP contribution in [0, 0.1) is 22.0 Å². The zero-order valence-corrected chi connectivity index (χ0v) is 15.6. The van der Waals surface area contributed by atoms with E-state index >= 15 is 0 Å². The summed E-state index contributed by atoms with van der Waals surface area (Å²) in [7, 11) is 0. The molecule has 140 valence electrons. The van der Waals surface area contributed by atoms with Gasteiger partial charge in [0.2, 0.25) is 0 Å². The van der Waals surface area contributed by atoms with Crippen molar-refractivity contribution < 1.29 is 4.92 Å². The van der Waals surface area contributed by atoms with Gasteiger partial charge in [0.1, 0.15) is 0 Å². The molecule has 6 rings (SSSR count). The summed E-state index contributed by atoms with van der Waals surface area (Å²) in [6.07, 6.45) is 11.2. The maximum absolute atomic E-state index is 11.7. The van der Waals surface area contributed by atoms with Gasteiger partial charge in [-0.05, 0) is 41.4 Å². The Labute approximate surface area is 164 Å². The lowest BCUT2D eigenvalue weighted by atomic mass is 9.70. The van der Waals surface area contributed by atoms with Crippen molar-refractivity contribution in [3.05, 3.63) is 93.6 Å². The number of non-ortho nitro benzene ring substituents is 1. The van der Waals surface area contributed by atoms with Gasteiger partial charge >= 0.3 is 0 Å². The first-order valence-corrected chi connectivity index (χ1v) is 10.2. The van der Waals surface area contributed by atoms with Gasteiger partial charge in [-0.1, -0.05) is 54.6 Å². The Morgan fingerprint density at radius 3 is 2.46 bits per heavy atom. The lowest BCUT2D eigenvalue weighted by Gasteiger charge is -2.51. The number of nitro groups is 1. The monoisotopic (exact) mass is 370 g/mol. The van der Waals surface area contributed by atoms with E-state index in [9.17, 15) is 10.1 Å². The molecule has 0 amide bonds. The Morgan fingerprint density at radius 1 is 0.964 bits per heavy atom. The van der Waals surface area contributed by atoms with Crippen LogP contribution in [0.2, 0.25) is 0 Å². The maximum Gasteiger partial charge on any atom is 0.270 e. The van der Waals surface area contributed by atoms with E-state index in [0.29, 0.717) is 23.8 Å². The van der Waals surface area contributed by atoms with Gasteiger partial charge in [-0.2, -0.15) is 0 Å². The van der Waals surface area contributed by atoms with Crippen molar-refractivity contribution in [1.82, 2.24) is 0 Å². The lowest BCUT2D eigenvalue weighted by molar-refractivity contribution is -0.385. The van der Waals surface area contributed by atoms with Crippen molar-refractivity contribution in [2.45, 2.75) is 30.7 Å².